The number of fused-ring (bicyclic) bond motifs is 2. The van der Waals surface area contributed by atoms with Gasteiger partial charge >= 0.3 is 5.97 Å². The van der Waals surface area contributed by atoms with Gasteiger partial charge in [0.2, 0.25) is 0 Å². The largest absolute Gasteiger partial charge is 0.478 e. The van der Waals surface area contributed by atoms with Gasteiger partial charge in [-0.25, -0.2) is 9.78 Å². The van der Waals surface area contributed by atoms with Gasteiger partial charge in [0.15, 0.2) is 11.4 Å². The molecule has 4 heterocycles. The normalized spacial score (nSPS) is 20.0. The number of benzene rings is 1. The molecule has 6 rings (SSSR count). The second kappa shape index (κ2) is 7.38. The SMILES string of the molecule is Cc1cc([C@@H](C)Nc2ccccc2C(=O)O)c2nc(N3CC4CC3C4)c(C#N)c(=O)n2c1. The number of anilines is 2. The topological polar surface area (TPSA) is 111 Å². The zero-order valence-corrected chi connectivity index (χ0v) is 17.9. The molecule has 0 radical (unpaired) electrons. The van der Waals surface area contributed by atoms with Gasteiger partial charge in [-0.05, 0) is 56.4 Å². The fourth-order valence-corrected chi connectivity index (χ4v) is 4.92. The molecule has 8 nitrogen and oxygen atoms in total. The molecule has 2 saturated heterocycles. The lowest BCUT2D eigenvalue weighted by Gasteiger charge is -2.27. The molecule has 1 atom stereocenters. The van der Waals surface area contributed by atoms with Crippen LogP contribution in [0.1, 0.15) is 52.9 Å². The van der Waals surface area contributed by atoms with Crippen LogP contribution in [0, 0.1) is 24.2 Å². The van der Waals surface area contributed by atoms with E-state index in [-0.39, 0.29) is 22.7 Å². The Morgan fingerprint density at radius 2 is 2.09 bits per heavy atom. The van der Waals surface area contributed by atoms with Gasteiger partial charge < -0.3 is 15.3 Å². The molecule has 1 saturated carbocycles. The first-order valence-corrected chi connectivity index (χ1v) is 10.7. The lowest BCUT2D eigenvalue weighted by Crippen LogP contribution is -2.33. The minimum Gasteiger partial charge on any atom is -0.478 e. The average Bonchev–Trinajstić information content (AvgIpc) is 3.35. The minimum atomic E-state index is -1.02. The Balaban J connectivity index is 1.65. The molecular weight excluding hydrogens is 406 g/mol. The van der Waals surface area contributed by atoms with Gasteiger partial charge in [0.1, 0.15) is 11.7 Å². The summed E-state index contributed by atoms with van der Waals surface area (Å²) in [5.74, 6) is 0.0563. The Morgan fingerprint density at radius 1 is 1.34 bits per heavy atom. The van der Waals surface area contributed by atoms with E-state index in [4.69, 9.17) is 4.98 Å². The highest BCUT2D eigenvalue weighted by atomic mass is 16.4. The number of nitrogens with zero attached hydrogens (tertiary/aromatic N) is 4. The molecular formula is C24H23N5O3. The molecule has 3 fully saturated rings. The summed E-state index contributed by atoms with van der Waals surface area (Å²) in [6, 6.07) is 10.8. The summed E-state index contributed by atoms with van der Waals surface area (Å²) in [7, 11) is 0. The van der Waals surface area contributed by atoms with Gasteiger partial charge in [0.25, 0.3) is 5.56 Å². The van der Waals surface area contributed by atoms with Crippen LogP contribution in [0.3, 0.4) is 0 Å². The maximum atomic E-state index is 13.3. The third-order valence-corrected chi connectivity index (χ3v) is 6.56. The van der Waals surface area contributed by atoms with E-state index in [1.54, 1.807) is 30.5 Å². The third kappa shape index (κ3) is 3.09. The van der Waals surface area contributed by atoms with Gasteiger partial charge in [0.05, 0.1) is 11.6 Å². The van der Waals surface area contributed by atoms with Crippen molar-refractivity contribution in [3.63, 3.8) is 0 Å². The zero-order valence-electron chi connectivity index (χ0n) is 17.9. The second-order valence-corrected chi connectivity index (χ2v) is 8.75. The van der Waals surface area contributed by atoms with Crippen LogP contribution in [0.25, 0.3) is 5.65 Å². The van der Waals surface area contributed by atoms with E-state index in [0.717, 1.165) is 30.5 Å². The van der Waals surface area contributed by atoms with Crippen molar-refractivity contribution in [3.05, 3.63) is 69.1 Å². The van der Waals surface area contributed by atoms with Gasteiger partial charge in [-0.15, -0.1) is 0 Å². The lowest BCUT2D eigenvalue weighted by atomic mass is 9.86. The monoisotopic (exact) mass is 429 g/mol. The predicted molar refractivity (Wildman–Crippen MR) is 120 cm³/mol. The van der Waals surface area contributed by atoms with Crippen molar-refractivity contribution in [2.24, 2.45) is 5.92 Å². The molecule has 0 amide bonds. The molecule has 2 aromatic heterocycles. The van der Waals surface area contributed by atoms with E-state index < -0.39 is 5.97 Å². The smallest absolute Gasteiger partial charge is 0.337 e. The van der Waals surface area contributed by atoms with Crippen LogP contribution >= 0.6 is 0 Å². The quantitative estimate of drug-likeness (QED) is 0.640. The summed E-state index contributed by atoms with van der Waals surface area (Å²) < 4.78 is 1.44. The number of nitriles is 1. The summed E-state index contributed by atoms with van der Waals surface area (Å²) in [6.45, 7) is 4.61. The standard InChI is InChI=1S/C24H23N5O3/c1-13-7-18(14(2)26-20-6-4-3-5-17(20)24(31)32)21-27-22(28-12-15-8-16(28)9-15)19(10-25)23(30)29(21)11-13/h3-7,11,14-16,26H,8-9,12H2,1-2H3,(H,31,32)/t14-,15?,16?/m1/s1. The van der Waals surface area contributed by atoms with E-state index in [0.29, 0.717) is 29.1 Å². The van der Waals surface area contributed by atoms with Crippen LogP contribution in [-0.2, 0) is 0 Å². The fourth-order valence-electron chi connectivity index (χ4n) is 4.92. The molecule has 2 aliphatic heterocycles. The van der Waals surface area contributed by atoms with Crippen LogP contribution in [0.5, 0.6) is 0 Å². The highest BCUT2D eigenvalue weighted by Gasteiger charge is 2.44. The molecule has 0 spiro atoms. The summed E-state index contributed by atoms with van der Waals surface area (Å²) in [6.07, 6.45) is 3.85. The van der Waals surface area contributed by atoms with Crippen LogP contribution in [0.4, 0.5) is 11.5 Å². The zero-order chi connectivity index (χ0) is 22.6. The number of aromatic carboxylic acids is 1. The number of carboxylic acid groups (broad SMARTS) is 1. The van der Waals surface area contributed by atoms with Gasteiger partial charge in [-0.1, -0.05) is 12.1 Å². The molecule has 1 aliphatic carbocycles. The van der Waals surface area contributed by atoms with Crippen molar-refractivity contribution in [1.82, 2.24) is 9.38 Å². The number of nitrogens with one attached hydrogen (secondary N) is 1. The number of para-hydroxylation sites is 1. The number of aromatic nitrogens is 2. The van der Waals surface area contributed by atoms with Gasteiger partial charge in [0, 0.05) is 30.0 Å². The van der Waals surface area contributed by atoms with Crippen LogP contribution in [0.2, 0.25) is 0 Å². The Morgan fingerprint density at radius 3 is 2.75 bits per heavy atom. The maximum Gasteiger partial charge on any atom is 0.337 e. The Hall–Kier alpha value is -3.86. The summed E-state index contributed by atoms with van der Waals surface area (Å²) in [5.41, 5.74) is 2.44. The van der Waals surface area contributed by atoms with E-state index in [1.807, 2.05) is 19.9 Å². The van der Waals surface area contributed by atoms with Crippen molar-refractivity contribution < 1.29 is 9.90 Å². The molecule has 162 valence electrons. The van der Waals surface area contributed by atoms with Crippen molar-refractivity contribution >= 4 is 23.1 Å². The first-order chi connectivity index (χ1) is 15.4. The number of hydrogen-bond donors (Lipinski definition) is 2. The number of carboxylic acids is 1. The lowest BCUT2D eigenvalue weighted by molar-refractivity contribution is 0.0698. The Labute approximate surface area is 184 Å². The molecule has 8 heteroatoms. The second-order valence-electron chi connectivity index (χ2n) is 8.75. The van der Waals surface area contributed by atoms with Gasteiger partial charge in [-0.3, -0.25) is 9.20 Å². The van der Waals surface area contributed by atoms with E-state index in [9.17, 15) is 20.0 Å². The molecule has 2 bridgehead atoms. The fraction of sp³-hybridized carbons (Fsp3) is 0.333. The van der Waals surface area contributed by atoms with Crippen molar-refractivity contribution in [2.45, 2.75) is 38.8 Å². The minimum absolute atomic E-state index is 0.0726. The molecule has 2 N–H and O–H groups in total. The number of carbonyl (C=O) groups is 1. The summed E-state index contributed by atoms with van der Waals surface area (Å²) >= 11 is 0. The van der Waals surface area contributed by atoms with E-state index >= 15 is 0 Å². The highest BCUT2D eigenvalue weighted by molar-refractivity contribution is 5.94. The number of pyridine rings is 1. The van der Waals surface area contributed by atoms with E-state index in [2.05, 4.69) is 16.3 Å². The average molecular weight is 429 g/mol. The predicted octanol–water partition coefficient (Wildman–Crippen LogP) is 3.34. The van der Waals surface area contributed by atoms with Crippen LogP contribution in [-0.4, -0.2) is 33.0 Å². The van der Waals surface area contributed by atoms with Crippen molar-refractivity contribution in [1.29, 1.82) is 5.26 Å². The van der Waals surface area contributed by atoms with Crippen LogP contribution in [0.15, 0.2) is 41.3 Å². The van der Waals surface area contributed by atoms with Crippen molar-refractivity contribution in [2.75, 3.05) is 16.8 Å². The highest BCUT2D eigenvalue weighted by Crippen LogP contribution is 2.43. The Bertz CT molecular complexity index is 1350. The summed E-state index contributed by atoms with van der Waals surface area (Å²) in [4.78, 5) is 31.8. The maximum absolute atomic E-state index is 13.3. The number of hydrogen-bond acceptors (Lipinski definition) is 6. The first kappa shape index (κ1) is 20.1. The van der Waals surface area contributed by atoms with E-state index in [1.165, 1.54) is 4.40 Å². The summed E-state index contributed by atoms with van der Waals surface area (Å²) in [5, 5.41) is 22.5. The number of rotatable bonds is 5. The first-order valence-electron chi connectivity index (χ1n) is 10.7. The Kier molecular flexibility index (Phi) is 4.63. The molecule has 3 aromatic rings. The molecule has 0 unspecified atom stereocenters. The van der Waals surface area contributed by atoms with Gasteiger partial charge in [-0.2, -0.15) is 5.26 Å². The molecule has 32 heavy (non-hydrogen) atoms. The third-order valence-electron chi connectivity index (χ3n) is 6.56. The molecule has 1 aromatic carbocycles. The van der Waals surface area contributed by atoms with Crippen molar-refractivity contribution in [3.8, 4) is 6.07 Å². The van der Waals surface area contributed by atoms with Crippen LogP contribution < -0.4 is 15.8 Å². The number of aryl methyl sites for hydroxylation is 1. The molecule has 3 aliphatic rings.